The quantitative estimate of drug-likeness (QED) is 0.284. The van der Waals surface area contributed by atoms with Gasteiger partial charge in [-0.1, -0.05) is 0 Å². The van der Waals surface area contributed by atoms with Crippen LogP contribution in [-0.2, 0) is 10.0 Å². The van der Waals surface area contributed by atoms with Crippen molar-refractivity contribution in [3.05, 3.63) is 0 Å². The van der Waals surface area contributed by atoms with Crippen LogP contribution in [0.15, 0.2) is 0 Å². The van der Waals surface area contributed by atoms with Crippen LogP contribution in [-0.4, -0.2) is 78.4 Å². The Morgan fingerprint density at radius 3 is 1.09 bits per heavy atom. The summed E-state index contributed by atoms with van der Waals surface area (Å²) in [7, 11) is -7.52. The van der Waals surface area contributed by atoms with Crippen LogP contribution in [0.3, 0.4) is 0 Å². The largest absolute Gasteiger partial charge is 0.460 e. The number of alkyl halides is 17. The lowest BCUT2D eigenvalue weighted by Gasteiger charge is -2.42. The SMILES string of the molecule is O=S(=O)(NCC(O)O)C(F)(F)C(F)(F)C(F)(F)C(F)(F)C(F)(F)C(F)(F)C(F)(F)C(F)(F)F. The van der Waals surface area contributed by atoms with E-state index in [1.54, 1.807) is 0 Å². The third kappa shape index (κ3) is 4.28. The Kier molecular flexibility index (Phi) is 7.77. The van der Waals surface area contributed by atoms with Gasteiger partial charge in [0.2, 0.25) is 0 Å². The maximum atomic E-state index is 13.4. The summed E-state index contributed by atoms with van der Waals surface area (Å²) in [4.78, 5) is 0. The Morgan fingerprint density at radius 2 is 0.818 bits per heavy atom. The van der Waals surface area contributed by atoms with E-state index in [0.717, 1.165) is 0 Å². The summed E-state index contributed by atoms with van der Waals surface area (Å²) in [5, 5.41) is 8.65. The molecular formula is C10H6F17NO4S. The highest BCUT2D eigenvalue weighted by Gasteiger charge is 2.96. The topological polar surface area (TPSA) is 86.6 Å². The lowest BCUT2D eigenvalue weighted by atomic mass is 9.91. The second kappa shape index (κ2) is 8.10. The van der Waals surface area contributed by atoms with Crippen LogP contribution in [0.4, 0.5) is 74.6 Å². The normalized spacial score (nSPS) is 16.5. The van der Waals surface area contributed by atoms with Crippen LogP contribution in [0, 0.1) is 0 Å². The molecule has 0 amide bonds. The molecule has 0 saturated heterocycles. The first-order valence-electron chi connectivity index (χ1n) is 6.98. The first kappa shape index (κ1) is 31.6. The molecule has 0 fully saturated rings. The fourth-order valence-electron chi connectivity index (χ4n) is 1.59. The van der Waals surface area contributed by atoms with E-state index in [4.69, 9.17) is 10.2 Å². The van der Waals surface area contributed by atoms with Crippen molar-refractivity contribution in [3.63, 3.8) is 0 Å². The molecule has 0 rings (SSSR count). The van der Waals surface area contributed by atoms with E-state index in [0.29, 0.717) is 0 Å². The van der Waals surface area contributed by atoms with Crippen molar-refractivity contribution in [2.75, 3.05) is 6.54 Å². The van der Waals surface area contributed by atoms with Gasteiger partial charge in [0.05, 0.1) is 6.54 Å². The minimum absolute atomic E-state index is 0.00109. The zero-order valence-corrected chi connectivity index (χ0v) is 15.1. The summed E-state index contributed by atoms with van der Waals surface area (Å²) in [6.07, 6.45) is -11.0. The van der Waals surface area contributed by atoms with Gasteiger partial charge in [0.15, 0.2) is 6.29 Å². The summed E-state index contributed by atoms with van der Waals surface area (Å²) in [5.41, 5.74) is 0. The second-order valence-corrected chi connectivity index (χ2v) is 7.60. The standard InChI is InChI=1S/C10H6F17NO4S/c11-3(12,5(15,16)7(19,20)9(23,24)25)4(13,14)6(17,18)8(21,22)10(26,27)33(31,32)28-1-2(29)30/h2,28-30H,1H2. The first-order chi connectivity index (χ1) is 13.9. The smallest absolute Gasteiger partial charge is 0.367 e. The van der Waals surface area contributed by atoms with E-state index in [9.17, 15) is 83.1 Å². The van der Waals surface area contributed by atoms with Crippen molar-refractivity contribution in [2.24, 2.45) is 0 Å². The number of sulfonamides is 1. The molecule has 23 heteroatoms. The predicted molar refractivity (Wildman–Crippen MR) is 65.8 cm³/mol. The Bertz CT molecular complexity index is 818. The maximum Gasteiger partial charge on any atom is 0.460 e. The van der Waals surface area contributed by atoms with E-state index in [-0.39, 0.29) is 4.72 Å². The molecule has 0 spiro atoms. The maximum absolute atomic E-state index is 13.4. The van der Waals surface area contributed by atoms with E-state index in [1.165, 1.54) is 0 Å². The monoisotopic (exact) mass is 559 g/mol. The molecule has 0 atom stereocenters. The summed E-state index contributed by atoms with van der Waals surface area (Å²) in [6.45, 7) is -2.16. The van der Waals surface area contributed by atoms with Crippen LogP contribution in [0.5, 0.6) is 0 Å². The molecule has 0 radical (unpaired) electrons. The van der Waals surface area contributed by atoms with Gasteiger partial charge >= 0.3 is 47.0 Å². The Balaban J connectivity index is 6.83. The minimum atomic E-state index is -8.92. The molecule has 0 unspecified atom stereocenters. The molecule has 0 saturated carbocycles. The van der Waals surface area contributed by atoms with Crippen molar-refractivity contribution in [1.29, 1.82) is 0 Å². The van der Waals surface area contributed by atoms with Gasteiger partial charge in [0.1, 0.15) is 0 Å². The average molecular weight is 559 g/mol. The van der Waals surface area contributed by atoms with Gasteiger partial charge in [0, 0.05) is 0 Å². The van der Waals surface area contributed by atoms with Gasteiger partial charge in [0.25, 0.3) is 10.0 Å². The molecule has 0 aromatic heterocycles. The molecule has 0 bridgehead atoms. The number of aliphatic hydroxyl groups excluding tert-OH is 1. The highest BCUT2D eigenvalue weighted by Crippen LogP contribution is 2.64. The highest BCUT2D eigenvalue weighted by molar-refractivity contribution is 7.90. The fourth-order valence-corrected chi connectivity index (χ4v) is 2.61. The molecule has 0 aliphatic carbocycles. The van der Waals surface area contributed by atoms with Crippen LogP contribution in [0.2, 0.25) is 0 Å². The summed E-state index contributed by atoms with van der Waals surface area (Å²) < 4.78 is 242. The van der Waals surface area contributed by atoms with Gasteiger partial charge in [-0.3, -0.25) is 0 Å². The fraction of sp³-hybridized carbons (Fsp3) is 1.00. The minimum Gasteiger partial charge on any atom is -0.367 e. The highest BCUT2D eigenvalue weighted by atomic mass is 32.2. The van der Waals surface area contributed by atoms with Crippen LogP contribution in [0.1, 0.15) is 0 Å². The van der Waals surface area contributed by atoms with E-state index >= 15 is 0 Å². The molecule has 5 nitrogen and oxygen atoms in total. The zero-order chi connectivity index (χ0) is 27.5. The third-order valence-corrected chi connectivity index (χ3v) is 4.96. The molecule has 200 valence electrons. The molecule has 0 heterocycles. The summed E-state index contributed by atoms with van der Waals surface area (Å²) in [6, 6.07) is 0. The molecule has 0 aliphatic heterocycles. The average Bonchev–Trinajstić information content (AvgIpc) is 2.57. The van der Waals surface area contributed by atoms with Crippen molar-refractivity contribution < 1.29 is 93.3 Å². The Morgan fingerprint density at radius 1 is 0.545 bits per heavy atom. The van der Waals surface area contributed by atoms with Gasteiger partial charge in [-0.25, -0.2) is 13.1 Å². The number of halogens is 17. The summed E-state index contributed by atoms with van der Waals surface area (Å²) in [5.74, 6) is -52.1. The number of hydrogen-bond acceptors (Lipinski definition) is 4. The van der Waals surface area contributed by atoms with Gasteiger partial charge in [-0.15, -0.1) is 0 Å². The number of aliphatic hydroxyl groups is 2. The predicted octanol–water partition coefficient (Wildman–Crippen LogP) is 3.18. The lowest BCUT2D eigenvalue weighted by Crippen LogP contribution is -2.75. The Labute approximate surface area is 169 Å². The van der Waals surface area contributed by atoms with Crippen LogP contribution < -0.4 is 4.72 Å². The molecule has 33 heavy (non-hydrogen) atoms. The molecule has 0 aromatic carbocycles. The molecule has 0 aliphatic rings. The van der Waals surface area contributed by atoms with Crippen molar-refractivity contribution >= 4 is 10.0 Å². The van der Waals surface area contributed by atoms with Gasteiger partial charge in [-0.2, -0.15) is 74.6 Å². The van der Waals surface area contributed by atoms with Crippen LogP contribution in [0.25, 0.3) is 0 Å². The molecule has 3 N–H and O–H groups in total. The van der Waals surface area contributed by atoms with Crippen molar-refractivity contribution in [3.8, 4) is 0 Å². The van der Waals surface area contributed by atoms with E-state index < -0.39 is 69.8 Å². The van der Waals surface area contributed by atoms with Crippen molar-refractivity contribution in [1.82, 2.24) is 4.72 Å². The zero-order valence-electron chi connectivity index (χ0n) is 14.3. The third-order valence-electron chi connectivity index (χ3n) is 3.49. The molecular weight excluding hydrogens is 553 g/mol. The number of nitrogens with one attached hydrogen (secondary N) is 1. The van der Waals surface area contributed by atoms with E-state index in [1.807, 2.05) is 0 Å². The van der Waals surface area contributed by atoms with Crippen molar-refractivity contribution in [2.45, 2.75) is 53.3 Å². The summed E-state index contributed by atoms with van der Waals surface area (Å²) >= 11 is 0. The van der Waals surface area contributed by atoms with Crippen LogP contribution >= 0.6 is 0 Å². The number of hydrogen-bond donors (Lipinski definition) is 3. The second-order valence-electron chi connectivity index (χ2n) is 5.79. The van der Waals surface area contributed by atoms with E-state index in [2.05, 4.69) is 0 Å². The van der Waals surface area contributed by atoms with Gasteiger partial charge in [-0.05, 0) is 0 Å². The van der Waals surface area contributed by atoms with Gasteiger partial charge < -0.3 is 10.2 Å². The first-order valence-corrected chi connectivity index (χ1v) is 8.47. The number of rotatable bonds is 10. The lowest BCUT2D eigenvalue weighted by molar-refractivity contribution is -0.458. The molecule has 0 aromatic rings. The Hall–Kier alpha value is -1.36.